The van der Waals surface area contributed by atoms with Crippen molar-refractivity contribution in [3.05, 3.63) is 55.6 Å². The van der Waals surface area contributed by atoms with Gasteiger partial charge >= 0.3 is 5.82 Å². The number of nitrogens with zero attached hydrogens (tertiary/aromatic N) is 2. The topological polar surface area (TPSA) is 56.0 Å². The Morgan fingerprint density at radius 1 is 1.06 bits per heavy atom. The predicted octanol–water partition coefficient (Wildman–Crippen LogP) is 4.62. The molecule has 0 aliphatic rings. The van der Waals surface area contributed by atoms with Crippen molar-refractivity contribution in [2.75, 3.05) is 0 Å². The Balaban J connectivity index is 2.55. The summed E-state index contributed by atoms with van der Waals surface area (Å²) in [6.45, 7) is 0. The Morgan fingerprint density at radius 2 is 1.72 bits per heavy atom. The van der Waals surface area contributed by atoms with Crippen LogP contribution < -0.4 is 0 Å². The fourth-order valence-corrected chi connectivity index (χ4v) is 2.18. The molecule has 0 N–H and O–H groups in total. The Hall–Kier alpha value is -1.36. The molecule has 2 rings (SSSR count). The maximum absolute atomic E-state index is 10.5. The zero-order chi connectivity index (χ0) is 13.3. The van der Waals surface area contributed by atoms with Crippen molar-refractivity contribution in [3.63, 3.8) is 0 Å². The fraction of sp³-hybridized carbons (Fsp3) is 0. The van der Waals surface area contributed by atoms with Crippen LogP contribution in [0.25, 0.3) is 11.1 Å². The minimum Gasteiger partial charge on any atom is -0.358 e. The van der Waals surface area contributed by atoms with Crippen molar-refractivity contribution < 1.29 is 4.92 Å². The number of aromatic nitrogens is 1. The Labute approximate surface area is 117 Å². The molecule has 4 nitrogen and oxygen atoms in total. The molecule has 0 spiro atoms. The van der Waals surface area contributed by atoms with Gasteiger partial charge in [-0.2, -0.15) is 0 Å². The smallest absolute Gasteiger partial charge is 0.358 e. The first-order chi connectivity index (χ1) is 8.50. The summed E-state index contributed by atoms with van der Waals surface area (Å²) >= 11 is 18.0. The van der Waals surface area contributed by atoms with Gasteiger partial charge in [-0.15, -0.1) is 0 Å². The van der Waals surface area contributed by atoms with E-state index in [4.69, 9.17) is 34.8 Å². The Morgan fingerprint density at radius 3 is 2.28 bits per heavy atom. The summed E-state index contributed by atoms with van der Waals surface area (Å²) < 4.78 is 0. The molecule has 0 atom stereocenters. The van der Waals surface area contributed by atoms with E-state index in [0.29, 0.717) is 26.2 Å². The van der Waals surface area contributed by atoms with Crippen LogP contribution >= 0.6 is 34.8 Å². The normalized spacial score (nSPS) is 10.4. The van der Waals surface area contributed by atoms with Gasteiger partial charge in [-0.1, -0.05) is 34.8 Å². The summed E-state index contributed by atoms with van der Waals surface area (Å²) in [6, 6.07) is 5.98. The molecular formula is C11H5Cl3N2O2. The van der Waals surface area contributed by atoms with Crippen LogP contribution in [0.15, 0.2) is 30.5 Å². The fourth-order valence-electron chi connectivity index (χ4n) is 1.43. The second-order valence-corrected chi connectivity index (χ2v) is 4.57. The highest BCUT2D eigenvalue weighted by Gasteiger charge is 2.15. The molecule has 7 heteroatoms. The van der Waals surface area contributed by atoms with Crippen molar-refractivity contribution in [1.29, 1.82) is 0 Å². The molecule has 1 aromatic heterocycles. The van der Waals surface area contributed by atoms with E-state index in [1.54, 1.807) is 12.1 Å². The Kier molecular flexibility index (Phi) is 3.71. The van der Waals surface area contributed by atoms with E-state index in [-0.39, 0.29) is 5.82 Å². The molecule has 0 saturated heterocycles. The first kappa shape index (κ1) is 13.1. The van der Waals surface area contributed by atoms with Gasteiger partial charge in [0.25, 0.3) is 0 Å². The molecule has 0 radical (unpaired) electrons. The summed E-state index contributed by atoms with van der Waals surface area (Å²) in [7, 11) is 0. The van der Waals surface area contributed by atoms with E-state index in [0.717, 1.165) is 0 Å². The molecule has 0 fully saturated rings. The lowest BCUT2D eigenvalue weighted by Crippen LogP contribution is -1.92. The first-order valence-electron chi connectivity index (χ1n) is 4.75. The van der Waals surface area contributed by atoms with Crippen LogP contribution in [0.2, 0.25) is 15.1 Å². The average Bonchev–Trinajstić information content (AvgIpc) is 2.35. The molecule has 0 aliphatic carbocycles. The average molecular weight is 304 g/mol. The lowest BCUT2D eigenvalue weighted by atomic mass is 10.1. The third-order valence-corrected chi connectivity index (χ3v) is 3.39. The highest BCUT2D eigenvalue weighted by atomic mass is 35.5. The van der Waals surface area contributed by atoms with Crippen molar-refractivity contribution in [2.45, 2.75) is 0 Å². The highest BCUT2D eigenvalue weighted by molar-refractivity contribution is 6.46. The van der Waals surface area contributed by atoms with Gasteiger partial charge in [0.2, 0.25) is 0 Å². The lowest BCUT2D eigenvalue weighted by molar-refractivity contribution is -0.389. The quantitative estimate of drug-likeness (QED) is 0.462. The van der Waals surface area contributed by atoms with E-state index in [9.17, 15) is 10.1 Å². The number of halogens is 3. The number of pyridine rings is 1. The summed E-state index contributed by atoms with van der Waals surface area (Å²) in [5, 5.41) is 11.6. The van der Waals surface area contributed by atoms with E-state index < -0.39 is 4.92 Å². The maximum Gasteiger partial charge on any atom is 0.363 e. The lowest BCUT2D eigenvalue weighted by Gasteiger charge is -2.07. The van der Waals surface area contributed by atoms with Gasteiger partial charge in [0.05, 0.1) is 15.1 Å². The zero-order valence-electron chi connectivity index (χ0n) is 8.73. The van der Waals surface area contributed by atoms with Gasteiger partial charge in [0.1, 0.15) is 6.20 Å². The molecule has 92 valence electrons. The van der Waals surface area contributed by atoms with Crippen LogP contribution in [0, 0.1) is 10.1 Å². The molecular weight excluding hydrogens is 298 g/mol. The molecule has 0 aliphatic heterocycles. The first-order valence-corrected chi connectivity index (χ1v) is 5.88. The van der Waals surface area contributed by atoms with Crippen LogP contribution in [-0.4, -0.2) is 9.91 Å². The van der Waals surface area contributed by atoms with Crippen molar-refractivity contribution in [1.82, 2.24) is 4.98 Å². The number of hydrogen-bond acceptors (Lipinski definition) is 3. The molecule has 0 bridgehead atoms. The SMILES string of the molecule is O=[N+]([O-])c1ccc(-c2c(Cl)ccc(Cl)c2Cl)cn1. The largest absolute Gasteiger partial charge is 0.363 e. The molecule has 2 aromatic rings. The molecule has 0 amide bonds. The molecule has 18 heavy (non-hydrogen) atoms. The molecule has 1 aromatic carbocycles. The number of rotatable bonds is 2. The van der Waals surface area contributed by atoms with Crippen LogP contribution in [0.1, 0.15) is 0 Å². The molecule has 0 saturated carbocycles. The number of hydrogen-bond donors (Lipinski definition) is 0. The second kappa shape index (κ2) is 5.10. The van der Waals surface area contributed by atoms with E-state index >= 15 is 0 Å². The van der Waals surface area contributed by atoms with Gasteiger partial charge in [-0.3, -0.25) is 0 Å². The van der Waals surface area contributed by atoms with Crippen LogP contribution in [0.3, 0.4) is 0 Å². The van der Waals surface area contributed by atoms with Crippen molar-refractivity contribution in [3.8, 4) is 11.1 Å². The standard InChI is InChI=1S/C11H5Cl3N2O2/c12-7-2-3-8(13)11(14)10(7)6-1-4-9(15-5-6)16(17)18/h1-5H. The third-order valence-electron chi connectivity index (χ3n) is 2.27. The van der Waals surface area contributed by atoms with Gasteiger partial charge in [0.15, 0.2) is 0 Å². The maximum atomic E-state index is 10.5. The zero-order valence-corrected chi connectivity index (χ0v) is 11.0. The van der Waals surface area contributed by atoms with Gasteiger partial charge in [-0.25, -0.2) is 0 Å². The summed E-state index contributed by atoms with van der Waals surface area (Å²) in [6.07, 6.45) is 1.33. The minimum absolute atomic E-state index is 0.243. The summed E-state index contributed by atoms with van der Waals surface area (Å²) in [5.41, 5.74) is 1.08. The van der Waals surface area contributed by atoms with E-state index in [1.807, 2.05) is 0 Å². The van der Waals surface area contributed by atoms with E-state index in [2.05, 4.69) is 4.98 Å². The Bertz CT molecular complexity index is 614. The highest BCUT2D eigenvalue weighted by Crippen LogP contribution is 2.38. The van der Waals surface area contributed by atoms with Crippen LogP contribution in [0.4, 0.5) is 5.82 Å². The van der Waals surface area contributed by atoms with Crippen LogP contribution in [-0.2, 0) is 0 Å². The monoisotopic (exact) mass is 302 g/mol. The van der Waals surface area contributed by atoms with Gasteiger partial charge in [0, 0.05) is 17.2 Å². The predicted molar refractivity (Wildman–Crippen MR) is 71.4 cm³/mol. The minimum atomic E-state index is -0.578. The number of benzene rings is 1. The summed E-state index contributed by atoms with van der Waals surface area (Å²) in [5.74, 6) is -0.243. The second-order valence-electron chi connectivity index (χ2n) is 3.38. The van der Waals surface area contributed by atoms with Crippen molar-refractivity contribution >= 4 is 40.6 Å². The van der Waals surface area contributed by atoms with Gasteiger partial charge in [-0.05, 0) is 28.1 Å². The third kappa shape index (κ3) is 2.41. The molecule has 0 unspecified atom stereocenters. The summed E-state index contributed by atoms with van der Waals surface area (Å²) in [4.78, 5) is 13.6. The molecule has 1 heterocycles. The van der Waals surface area contributed by atoms with E-state index in [1.165, 1.54) is 18.3 Å². The van der Waals surface area contributed by atoms with Crippen LogP contribution in [0.5, 0.6) is 0 Å². The number of nitro groups is 1. The van der Waals surface area contributed by atoms with Gasteiger partial charge < -0.3 is 10.1 Å². The van der Waals surface area contributed by atoms with Crippen molar-refractivity contribution in [2.24, 2.45) is 0 Å².